The number of rotatable bonds is 72. The molecular formula is C93H176N6O11Si4. The molecule has 1 amide bonds. The van der Waals surface area contributed by atoms with Crippen molar-refractivity contribution in [3.05, 3.63) is 58.9 Å². The van der Waals surface area contributed by atoms with Crippen molar-refractivity contribution < 1.29 is 56.8 Å². The summed E-state index contributed by atoms with van der Waals surface area (Å²) < 4.78 is 29.0. The van der Waals surface area contributed by atoms with Crippen LogP contribution in [0.5, 0.6) is 0 Å². The van der Waals surface area contributed by atoms with Gasteiger partial charge in [0.2, 0.25) is 5.91 Å². The van der Waals surface area contributed by atoms with Crippen LogP contribution in [0, 0.1) is 11.8 Å². The Labute approximate surface area is 704 Å². The zero-order valence-electron chi connectivity index (χ0n) is 75.9. The standard InChI is InChI=1S/C61H108N4O6Si2.C22H48N.C10H21NO3Si.O2Si/c1-7-9-11-13-14-15-16-17-18-19-20-21-22-23-25-31-47-70-56(66)39-45-62-41-33-49-72(3,4)51-73(5,6)50-34-42-63-46-40-57(67)71-48-32-26-24-30-44-65-55-38-37-54(64-43-29-12-10-8-2)58-59(55)61(69)53-36-28-27-35-52(53)60(58)68;1-5-7-8-9-10-11-12-13-14-15-16-17-18-19-20-21-22-23(3,4)6-2;1-15(2,3)8-4-7-11-9(12)5-6-10(13)14;1-3-2/h27-28,35-38,58-59,62-65H,7-26,29-34,39-51H2,1-6H3;5-22H2,1-4H3;4-8H2,1-3H3,(H,11,12)(H,13,14);/q;+1;;/p-1. The Balaban J connectivity index is 0.00000252. The van der Waals surface area contributed by atoms with Gasteiger partial charge >= 0.3 is 21.2 Å². The molecule has 0 fully saturated rings. The third-order valence-electron chi connectivity index (χ3n) is 22.6. The van der Waals surface area contributed by atoms with E-state index in [2.05, 4.69) is 114 Å². The predicted octanol–water partition coefficient (Wildman–Crippen LogP) is 21.5. The van der Waals surface area contributed by atoms with E-state index >= 15 is 0 Å². The Kier molecular flexibility index (Phi) is 70.2. The number of ketones is 2. The Morgan fingerprint density at radius 3 is 1.08 bits per heavy atom. The number of nitrogens with one attached hydrogen (secondary N) is 5. The summed E-state index contributed by atoms with van der Waals surface area (Å²) in [6, 6.07) is 11.0. The van der Waals surface area contributed by atoms with Crippen molar-refractivity contribution in [2.24, 2.45) is 11.8 Å². The second-order valence-corrected chi connectivity index (χ2v) is 53.4. The van der Waals surface area contributed by atoms with Crippen LogP contribution in [-0.4, -0.2) is 160 Å². The van der Waals surface area contributed by atoms with Crippen LogP contribution in [-0.2, 0) is 37.6 Å². The number of benzene rings is 1. The summed E-state index contributed by atoms with van der Waals surface area (Å²) in [6.07, 6.45) is 61.2. The minimum atomic E-state index is -1.42. The summed E-state index contributed by atoms with van der Waals surface area (Å²) in [5.41, 5.74) is 4.16. The van der Waals surface area contributed by atoms with Gasteiger partial charge < -0.3 is 50.4 Å². The lowest BCUT2D eigenvalue weighted by Gasteiger charge is -2.36. The number of aliphatic carboxylic acids is 1. The lowest BCUT2D eigenvalue weighted by atomic mass is 9.69. The number of carboxylic acids is 1. The summed E-state index contributed by atoms with van der Waals surface area (Å²) in [6.45, 7) is 35.2. The highest BCUT2D eigenvalue weighted by molar-refractivity contribution is 6.95. The maximum absolute atomic E-state index is 13.8. The molecule has 0 spiro atoms. The van der Waals surface area contributed by atoms with Gasteiger partial charge in [-0.1, -0.05) is 327 Å². The number of hydrogen-bond acceptors (Lipinski definition) is 15. The molecule has 114 heavy (non-hydrogen) atoms. The molecule has 5 N–H and O–H groups in total. The fourth-order valence-corrected chi connectivity index (χ4v) is 30.8. The Hall–Kier alpha value is -4.13. The molecule has 1 aromatic rings. The molecule has 0 aromatic heterocycles. The lowest BCUT2D eigenvalue weighted by Crippen LogP contribution is -2.45. The van der Waals surface area contributed by atoms with E-state index in [4.69, 9.17) is 18.4 Å². The van der Waals surface area contributed by atoms with Gasteiger partial charge in [-0.3, -0.25) is 32.9 Å². The van der Waals surface area contributed by atoms with Gasteiger partial charge in [0.25, 0.3) is 0 Å². The molecule has 2 aliphatic carbocycles. The first-order chi connectivity index (χ1) is 54.7. The first kappa shape index (κ1) is 110. The summed E-state index contributed by atoms with van der Waals surface area (Å²) in [5, 5.41) is 26.8. The molecule has 2 aliphatic rings. The zero-order valence-corrected chi connectivity index (χ0v) is 79.9. The van der Waals surface area contributed by atoms with Gasteiger partial charge in [-0.15, -0.1) is 0 Å². The van der Waals surface area contributed by atoms with Crippen LogP contribution >= 0.6 is 0 Å². The van der Waals surface area contributed by atoms with Crippen LogP contribution in [0.4, 0.5) is 0 Å². The van der Waals surface area contributed by atoms with Crippen molar-refractivity contribution in [2.75, 3.05) is 86.2 Å². The zero-order chi connectivity index (χ0) is 84.7. The highest BCUT2D eigenvalue weighted by Crippen LogP contribution is 2.40. The maximum atomic E-state index is 13.8. The highest BCUT2D eigenvalue weighted by Gasteiger charge is 2.46. The monoisotopic (exact) mass is 1670 g/mol. The third kappa shape index (κ3) is 64.8. The van der Waals surface area contributed by atoms with Crippen molar-refractivity contribution in [3.63, 3.8) is 0 Å². The minimum absolute atomic E-state index is 0.0103. The molecule has 0 aliphatic heterocycles. The number of carbonyl (C=O) groups excluding carboxylic acids is 6. The van der Waals surface area contributed by atoms with E-state index in [1.807, 2.05) is 24.3 Å². The second kappa shape index (κ2) is 72.8. The largest absolute Gasteiger partial charge is 0.550 e. The molecule has 2 atom stereocenters. The van der Waals surface area contributed by atoms with Crippen molar-refractivity contribution in [1.29, 1.82) is 0 Å². The number of hydrogen-bond donors (Lipinski definition) is 5. The van der Waals surface area contributed by atoms with Gasteiger partial charge in [-0.05, 0) is 103 Å². The molecular weight excluding hydrogens is 1490 g/mol. The van der Waals surface area contributed by atoms with Crippen molar-refractivity contribution >= 4 is 68.9 Å². The smallest absolute Gasteiger partial charge is 0.549 e. The van der Waals surface area contributed by atoms with Crippen molar-refractivity contribution in [3.8, 4) is 0 Å². The van der Waals surface area contributed by atoms with Crippen molar-refractivity contribution in [1.82, 2.24) is 26.6 Å². The molecule has 0 saturated heterocycles. The Morgan fingerprint density at radius 1 is 0.412 bits per heavy atom. The highest BCUT2D eigenvalue weighted by atomic mass is 28.4. The SMILES string of the molecule is CCCCCCCCCCCCCCCCCCOC(=O)CCNCCC[Si](C)(C)C[Si](C)(C)CCCNCCC(=O)OCCCCCCNC1=CC=C(NCCCCCC)C2C(=O)c3ccccc3C(=O)C12.CCCCCCCCCCCCCCCCCC[N+](C)(C)CC.C[Si](C)(C)CCCNC(=O)CCC(=O)[O-].O=[Si]=O. The van der Waals surface area contributed by atoms with Crippen LogP contribution in [0.2, 0.25) is 69.6 Å². The van der Waals surface area contributed by atoms with Gasteiger partial charge in [-0.25, -0.2) is 0 Å². The normalized spacial score (nSPS) is 14.0. The Bertz CT molecular complexity index is 2700. The van der Waals surface area contributed by atoms with Crippen LogP contribution in [0.3, 0.4) is 0 Å². The summed E-state index contributed by atoms with van der Waals surface area (Å²) in [7, 11) is -0.354. The molecule has 0 heterocycles. The van der Waals surface area contributed by atoms with Crippen LogP contribution in [0.25, 0.3) is 0 Å². The molecule has 3 rings (SSSR count). The Morgan fingerprint density at radius 2 is 0.737 bits per heavy atom. The van der Waals surface area contributed by atoms with Crippen LogP contribution in [0.1, 0.15) is 350 Å². The number of ether oxygens (including phenoxy) is 2. The number of Topliss-reactive ketones (excluding diaryl/α,β-unsaturated/α-hetero) is 2. The average molecular weight is 1670 g/mol. The number of quaternary nitrogens is 1. The lowest BCUT2D eigenvalue weighted by molar-refractivity contribution is -0.888. The molecule has 0 bridgehead atoms. The van der Waals surface area contributed by atoms with Gasteiger partial charge in [0.05, 0.1) is 65.1 Å². The first-order valence-electron chi connectivity index (χ1n) is 46.8. The van der Waals surface area contributed by atoms with E-state index in [0.29, 0.717) is 56.8 Å². The fraction of sp³-hybridized carbons (Fsp3) is 0.828. The van der Waals surface area contributed by atoms with Gasteiger partial charge in [0.15, 0.2) is 11.6 Å². The fourth-order valence-electron chi connectivity index (χ4n) is 15.6. The van der Waals surface area contributed by atoms with E-state index in [-0.39, 0.29) is 42.3 Å². The first-order valence-corrected chi connectivity index (χ1v) is 58.2. The van der Waals surface area contributed by atoms with E-state index in [9.17, 15) is 33.9 Å². The average Bonchev–Trinajstić information content (AvgIpc) is 0.744. The number of carboxylic acid groups (broad SMARTS) is 1. The number of carbonyl (C=O) groups is 6. The third-order valence-corrected chi connectivity index (χ3v) is 35.5. The summed E-state index contributed by atoms with van der Waals surface area (Å²) in [4.78, 5) is 73.4. The van der Waals surface area contributed by atoms with Crippen molar-refractivity contribution in [2.45, 2.75) is 399 Å². The molecule has 660 valence electrons. The number of allylic oxidation sites excluding steroid dienone is 4. The quantitative estimate of drug-likeness (QED) is 0.0176. The molecule has 17 nitrogen and oxygen atoms in total. The number of fused-ring (bicyclic) bond motifs is 2. The van der Waals surface area contributed by atoms with Gasteiger partial charge in [0, 0.05) is 91.9 Å². The molecule has 21 heteroatoms. The number of amides is 1. The van der Waals surface area contributed by atoms with Gasteiger partial charge in [-0.2, -0.15) is 0 Å². The number of esters is 2. The molecule has 2 unspecified atom stereocenters. The molecule has 0 radical (unpaired) electrons. The summed E-state index contributed by atoms with van der Waals surface area (Å²) in [5.74, 6) is -2.60. The second-order valence-electron chi connectivity index (χ2n) is 36.5. The van der Waals surface area contributed by atoms with Crippen LogP contribution < -0.4 is 31.7 Å². The van der Waals surface area contributed by atoms with Gasteiger partial charge in [0.1, 0.15) is 0 Å². The topological polar surface area (TPSA) is 238 Å². The van der Waals surface area contributed by atoms with E-state index in [0.717, 1.165) is 102 Å². The molecule has 0 saturated carbocycles. The van der Waals surface area contributed by atoms with Crippen LogP contribution in [0.15, 0.2) is 47.8 Å². The maximum Gasteiger partial charge on any atom is 0.549 e. The number of unbranched alkanes of at least 4 members (excludes halogenated alkanes) is 36. The van der Waals surface area contributed by atoms with E-state index in [1.165, 1.54) is 253 Å². The minimum Gasteiger partial charge on any atom is -0.550 e. The van der Waals surface area contributed by atoms with E-state index < -0.39 is 51.3 Å². The molecule has 1 aromatic carbocycles. The van der Waals surface area contributed by atoms with E-state index in [1.54, 1.807) is 12.1 Å². The predicted molar refractivity (Wildman–Crippen MR) is 486 cm³/mol. The summed E-state index contributed by atoms with van der Waals surface area (Å²) >= 11 is 0. The number of nitrogens with zero attached hydrogens (tertiary/aromatic N) is 1.